The monoisotopic (exact) mass is 454 g/mol. The molecule has 0 saturated carbocycles. The molecule has 6 nitrogen and oxygen atoms in total. The lowest BCUT2D eigenvalue weighted by atomic mass is 9.98. The van der Waals surface area contributed by atoms with Crippen LogP contribution < -0.4 is 5.32 Å². The number of ether oxygens (including phenoxy) is 1. The summed E-state index contributed by atoms with van der Waals surface area (Å²) < 4.78 is 5.70. The predicted octanol–water partition coefficient (Wildman–Crippen LogP) is 4.40. The molecule has 1 amide bonds. The van der Waals surface area contributed by atoms with E-state index in [1.807, 2.05) is 29.2 Å². The third-order valence-electron chi connectivity index (χ3n) is 6.14. The standard InChI is InChI=1S/C25H30N2O4S/c1-16(2)11-17(12-27-15-32-14-23(27)24(28)29)26-25(30)31-13-22-20-9-5-3-7-18(20)19-8-4-6-10-21(19)22/h3-10,16-17,22-23H,11-15H2,1-2H3,(H,26,30)(H,28,29)/t17-,23-/m0/s1. The van der Waals surface area contributed by atoms with Gasteiger partial charge in [-0.05, 0) is 34.6 Å². The summed E-state index contributed by atoms with van der Waals surface area (Å²) in [6.45, 7) is 4.97. The van der Waals surface area contributed by atoms with Crippen LogP contribution in [0.15, 0.2) is 48.5 Å². The van der Waals surface area contributed by atoms with Crippen molar-refractivity contribution in [3.8, 4) is 11.1 Å². The largest absolute Gasteiger partial charge is 0.480 e. The number of hydrogen-bond acceptors (Lipinski definition) is 5. The van der Waals surface area contributed by atoms with Gasteiger partial charge in [-0.3, -0.25) is 9.69 Å². The molecule has 1 aliphatic carbocycles. The van der Waals surface area contributed by atoms with Gasteiger partial charge >= 0.3 is 12.1 Å². The summed E-state index contributed by atoms with van der Waals surface area (Å²) in [4.78, 5) is 26.2. The Morgan fingerprint density at radius 2 is 1.75 bits per heavy atom. The highest BCUT2D eigenvalue weighted by Gasteiger charge is 2.33. The third-order valence-corrected chi connectivity index (χ3v) is 7.20. The van der Waals surface area contributed by atoms with E-state index in [9.17, 15) is 14.7 Å². The van der Waals surface area contributed by atoms with E-state index in [-0.39, 0.29) is 18.6 Å². The second-order valence-electron chi connectivity index (χ2n) is 8.92. The Morgan fingerprint density at radius 1 is 1.12 bits per heavy atom. The van der Waals surface area contributed by atoms with Crippen LogP contribution in [-0.4, -0.2) is 58.9 Å². The zero-order valence-electron chi connectivity index (χ0n) is 18.5. The molecule has 2 aromatic carbocycles. The van der Waals surface area contributed by atoms with Crippen LogP contribution in [0.25, 0.3) is 11.1 Å². The number of aliphatic carboxylic acids is 1. The van der Waals surface area contributed by atoms with E-state index in [0.29, 0.717) is 24.1 Å². The van der Waals surface area contributed by atoms with E-state index in [4.69, 9.17) is 4.74 Å². The number of nitrogens with zero attached hydrogens (tertiary/aromatic N) is 1. The van der Waals surface area contributed by atoms with Crippen LogP contribution in [0.1, 0.15) is 37.3 Å². The van der Waals surface area contributed by atoms with Gasteiger partial charge in [-0.15, -0.1) is 11.8 Å². The first-order chi connectivity index (χ1) is 15.4. The van der Waals surface area contributed by atoms with Crippen LogP contribution in [0.2, 0.25) is 0 Å². The number of fused-ring (bicyclic) bond motifs is 3. The van der Waals surface area contributed by atoms with Crippen LogP contribution in [-0.2, 0) is 9.53 Å². The second-order valence-corrected chi connectivity index (χ2v) is 9.92. The molecule has 4 rings (SSSR count). The van der Waals surface area contributed by atoms with E-state index in [1.54, 1.807) is 11.8 Å². The first-order valence-corrected chi connectivity index (χ1v) is 12.3. The molecule has 1 aliphatic heterocycles. The van der Waals surface area contributed by atoms with Crippen molar-refractivity contribution in [3.05, 3.63) is 59.7 Å². The van der Waals surface area contributed by atoms with E-state index in [2.05, 4.69) is 43.4 Å². The number of nitrogens with one attached hydrogen (secondary N) is 1. The van der Waals surface area contributed by atoms with Crippen LogP contribution >= 0.6 is 11.8 Å². The fraction of sp³-hybridized carbons (Fsp3) is 0.440. The maximum absolute atomic E-state index is 12.7. The minimum atomic E-state index is -0.806. The molecule has 2 atom stereocenters. The number of thioether (sulfide) groups is 1. The number of carbonyl (C=O) groups excluding carboxylic acids is 1. The quantitative estimate of drug-likeness (QED) is 0.616. The molecular weight excluding hydrogens is 424 g/mol. The number of carbonyl (C=O) groups is 2. The van der Waals surface area contributed by atoms with Gasteiger partial charge in [-0.25, -0.2) is 4.79 Å². The molecule has 32 heavy (non-hydrogen) atoms. The van der Waals surface area contributed by atoms with Gasteiger partial charge in [0.2, 0.25) is 0 Å². The topological polar surface area (TPSA) is 78.9 Å². The number of rotatable bonds is 8. The van der Waals surface area contributed by atoms with Crippen molar-refractivity contribution >= 4 is 23.8 Å². The van der Waals surface area contributed by atoms with Gasteiger partial charge in [0.25, 0.3) is 0 Å². The fourth-order valence-corrected chi connectivity index (χ4v) is 5.92. The summed E-state index contributed by atoms with van der Waals surface area (Å²) in [5.74, 6) is 0.821. The smallest absolute Gasteiger partial charge is 0.407 e. The molecule has 1 saturated heterocycles. The molecule has 2 aromatic rings. The molecule has 1 heterocycles. The average molecular weight is 455 g/mol. The van der Waals surface area contributed by atoms with Crippen molar-refractivity contribution in [3.63, 3.8) is 0 Å². The lowest BCUT2D eigenvalue weighted by molar-refractivity contribution is -0.141. The van der Waals surface area contributed by atoms with Crippen molar-refractivity contribution in [2.24, 2.45) is 5.92 Å². The van der Waals surface area contributed by atoms with E-state index in [1.165, 1.54) is 22.3 Å². The minimum absolute atomic E-state index is 0.0167. The molecule has 0 bridgehead atoms. The average Bonchev–Trinajstić information content (AvgIpc) is 3.34. The van der Waals surface area contributed by atoms with Crippen LogP contribution in [0.4, 0.5) is 4.79 Å². The molecule has 170 valence electrons. The Balaban J connectivity index is 1.40. The summed E-state index contributed by atoms with van der Waals surface area (Å²) in [5.41, 5.74) is 4.75. The van der Waals surface area contributed by atoms with Crippen molar-refractivity contribution < 1.29 is 19.4 Å². The van der Waals surface area contributed by atoms with Gasteiger partial charge in [-0.2, -0.15) is 0 Å². The molecular formula is C25H30N2O4S. The summed E-state index contributed by atoms with van der Waals surface area (Å²) >= 11 is 1.61. The number of benzene rings is 2. The van der Waals surface area contributed by atoms with Crippen molar-refractivity contribution in [2.45, 2.75) is 38.3 Å². The fourth-order valence-electron chi connectivity index (χ4n) is 4.72. The SMILES string of the molecule is CC(C)C[C@@H](CN1CSC[C@H]1C(=O)O)NC(=O)OCC1c2ccccc2-c2ccccc21. The minimum Gasteiger partial charge on any atom is -0.480 e. The highest BCUT2D eigenvalue weighted by molar-refractivity contribution is 7.99. The van der Waals surface area contributed by atoms with Crippen molar-refractivity contribution in [1.82, 2.24) is 10.2 Å². The van der Waals surface area contributed by atoms with Gasteiger partial charge in [0, 0.05) is 30.1 Å². The first-order valence-electron chi connectivity index (χ1n) is 11.1. The molecule has 0 aromatic heterocycles. The van der Waals surface area contributed by atoms with Crippen LogP contribution in [0.5, 0.6) is 0 Å². The van der Waals surface area contributed by atoms with Gasteiger partial charge < -0.3 is 15.2 Å². The van der Waals surface area contributed by atoms with E-state index < -0.39 is 18.1 Å². The number of alkyl carbamates (subject to hydrolysis) is 1. The number of carboxylic acids is 1. The molecule has 0 spiro atoms. The molecule has 2 aliphatic rings. The lowest BCUT2D eigenvalue weighted by Gasteiger charge is -2.28. The lowest BCUT2D eigenvalue weighted by Crippen LogP contribution is -2.48. The zero-order valence-corrected chi connectivity index (χ0v) is 19.3. The normalized spacial score (nSPS) is 18.9. The number of amides is 1. The maximum atomic E-state index is 12.7. The highest BCUT2D eigenvalue weighted by Crippen LogP contribution is 2.44. The van der Waals surface area contributed by atoms with Crippen LogP contribution in [0, 0.1) is 5.92 Å². The summed E-state index contributed by atoms with van der Waals surface area (Å²) in [6.07, 6.45) is 0.314. The van der Waals surface area contributed by atoms with Gasteiger partial charge in [0.05, 0.1) is 0 Å². The Labute approximate surface area is 193 Å². The molecule has 1 fully saturated rings. The van der Waals surface area contributed by atoms with Gasteiger partial charge in [-0.1, -0.05) is 62.4 Å². The summed E-state index contributed by atoms with van der Waals surface area (Å²) in [7, 11) is 0. The summed E-state index contributed by atoms with van der Waals surface area (Å²) in [5, 5.41) is 12.5. The molecule has 0 radical (unpaired) electrons. The van der Waals surface area contributed by atoms with E-state index >= 15 is 0 Å². The van der Waals surface area contributed by atoms with Gasteiger partial charge in [0.15, 0.2) is 0 Å². The van der Waals surface area contributed by atoms with Gasteiger partial charge in [0.1, 0.15) is 12.6 Å². The summed E-state index contributed by atoms with van der Waals surface area (Å²) in [6, 6.07) is 15.9. The number of hydrogen-bond donors (Lipinski definition) is 2. The predicted molar refractivity (Wildman–Crippen MR) is 127 cm³/mol. The van der Waals surface area contributed by atoms with Crippen molar-refractivity contribution in [1.29, 1.82) is 0 Å². The van der Waals surface area contributed by atoms with Crippen LogP contribution in [0.3, 0.4) is 0 Å². The third kappa shape index (κ3) is 4.94. The Bertz CT molecular complexity index is 934. The number of carboxylic acid groups (broad SMARTS) is 1. The van der Waals surface area contributed by atoms with E-state index in [0.717, 1.165) is 6.42 Å². The highest BCUT2D eigenvalue weighted by atomic mass is 32.2. The maximum Gasteiger partial charge on any atom is 0.407 e. The second kappa shape index (κ2) is 9.96. The Kier molecular flexibility index (Phi) is 7.06. The molecule has 7 heteroatoms. The Morgan fingerprint density at radius 3 is 2.34 bits per heavy atom. The van der Waals surface area contributed by atoms with Crippen molar-refractivity contribution in [2.75, 3.05) is 24.8 Å². The first kappa shape index (κ1) is 22.7. The molecule has 2 N–H and O–H groups in total. The molecule has 0 unspecified atom stereocenters. The Hall–Kier alpha value is -2.51. The zero-order chi connectivity index (χ0) is 22.7.